The average molecular weight is 250 g/mol. The maximum atomic E-state index is 6.18. The van der Waals surface area contributed by atoms with Crippen LogP contribution in [-0.4, -0.2) is 24.5 Å². The van der Waals surface area contributed by atoms with Crippen LogP contribution in [0.1, 0.15) is 31.4 Å². The monoisotopic (exact) mass is 249 g/mol. The van der Waals surface area contributed by atoms with Gasteiger partial charge in [0, 0.05) is 11.1 Å². The molecular formula is C15H20ClN. The predicted octanol–water partition coefficient (Wildman–Crippen LogP) is 3.49. The van der Waals surface area contributed by atoms with Gasteiger partial charge in [0.25, 0.3) is 0 Å². The van der Waals surface area contributed by atoms with Gasteiger partial charge >= 0.3 is 0 Å². The van der Waals surface area contributed by atoms with E-state index >= 15 is 0 Å². The smallest absolute Gasteiger partial charge is 0.0409 e. The van der Waals surface area contributed by atoms with E-state index in [-0.39, 0.29) is 0 Å². The SMILES string of the molecule is C[C@H]1C2Cc3ccc(Cl)cc3[C@@]1(C)CCN2C. The van der Waals surface area contributed by atoms with Crippen molar-refractivity contribution in [3.05, 3.63) is 34.3 Å². The topological polar surface area (TPSA) is 3.24 Å². The van der Waals surface area contributed by atoms with Crippen LogP contribution in [0.2, 0.25) is 5.02 Å². The lowest BCUT2D eigenvalue weighted by Crippen LogP contribution is -2.56. The van der Waals surface area contributed by atoms with Gasteiger partial charge in [-0.3, -0.25) is 0 Å². The van der Waals surface area contributed by atoms with E-state index in [1.54, 1.807) is 0 Å². The molecule has 0 aromatic heterocycles. The number of fused-ring (bicyclic) bond motifs is 4. The third kappa shape index (κ3) is 1.56. The average Bonchev–Trinajstić information content (AvgIpc) is 2.30. The maximum Gasteiger partial charge on any atom is 0.0409 e. The zero-order valence-electron chi connectivity index (χ0n) is 10.8. The normalized spacial score (nSPS) is 36.7. The Morgan fingerprint density at radius 3 is 2.94 bits per heavy atom. The van der Waals surface area contributed by atoms with Crippen molar-refractivity contribution in [1.82, 2.24) is 4.90 Å². The molecule has 1 fully saturated rings. The number of hydrogen-bond acceptors (Lipinski definition) is 1. The van der Waals surface area contributed by atoms with Gasteiger partial charge in [-0.15, -0.1) is 0 Å². The van der Waals surface area contributed by atoms with Crippen LogP contribution in [0.4, 0.5) is 0 Å². The van der Waals surface area contributed by atoms with E-state index in [9.17, 15) is 0 Å². The summed E-state index contributed by atoms with van der Waals surface area (Å²) in [5.41, 5.74) is 3.32. The first kappa shape index (κ1) is 11.6. The van der Waals surface area contributed by atoms with Crippen LogP contribution in [-0.2, 0) is 11.8 Å². The third-order valence-electron chi connectivity index (χ3n) is 5.25. The van der Waals surface area contributed by atoms with Crippen molar-refractivity contribution in [3.63, 3.8) is 0 Å². The summed E-state index contributed by atoms with van der Waals surface area (Å²) in [5, 5.41) is 0.884. The van der Waals surface area contributed by atoms with Crippen molar-refractivity contribution in [2.75, 3.05) is 13.6 Å². The summed E-state index contributed by atoms with van der Waals surface area (Å²) in [6.07, 6.45) is 2.42. The molecule has 0 N–H and O–H groups in total. The highest BCUT2D eigenvalue weighted by Gasteiger charge is 2.47. The molecule has 1 aromatic carbocycles. The van der Waals surface area contributed by atoms with E-state index in [1.165, 1.54) is 30.5 Å². The highest BCUT2D eigenvalue weighted by Crippen LogP contribution is 2.48. The molecule has 1 aromatic rings. The zero-order valence-corrected chi connectivity index (χ0v) is 11.6. The first-order valence-corrected chi connectivity index (χ1v) is 6.89. The molecule has 3 rings (SSSR count). The van der Waals surface area contributed by atoms with E-state index in [4.69, 9.17) is 11.6 Å². The van der Waals surface area contributed by atoms with Crippen molar-refractivity contribution in [2.45, 2.75) is 38.1 Å². The van der Waals surface area contributed by atoms with E-state index in [2.05, 4.69) is 37.9 Å². The minimum atomic E-state index is 0.315. The number of piperidine rings is 1. The fourth-order valence-electron chi connectivity index (χ4n) is 3.80. The van der Waals surface area contributed by atoms with Gasteiger partial charge in [-0.25, -0.2) is 0 Å². The van der Waals surface area contributed by atoms with Crippen molar-refractivity contribution in [3.8, 4) is 0 Å². The van der Waals surface area contributed by atoms with E-state index in [1.807, 2.05) is 6.07 Å². The zero-order chi connectivity index (χ0) is 12.2. The second-order valence-corrected chi connectivity index (χ2v) is 6.45. The number of likely N-dealkylation sites (N-methyl/N-ethyl adjacent to an activating group) is 1. The molecule has 1 heterocycles. The number of rotatable bonds is 0. The molecule has 1 nitrogen and oxygen atoms in total. The lowest BCUT2D eigenvalue weighted by Gasteiger charge is -2.53. The number of hydrogen-bond donors (Lipinski definition) is 0. The van der Waals surface area contributed by atoms with Crippen molar-refractivity contribution in [1.29, 1.82) is 0 Å². The number of nitrogens with zero attached hydrogens (tertiary/aromatic N) is 1. The largest absolute Gasteiger partial charge is 0.303 e. The van der Waals surface area contributed by atoms with E-state index in [0.29, 0.717) is 17.4 Å². The van der Waals surface area contributed by atoms with Crippen LogP contribution >= 0.6 is 11.6 Å². The summed E-state index contributed by atoms with van der Waals surface area (Å²) in [7, 11) is 2.27. The second-order valence-electron chi connectivity index (χ2n) is 6.01. The van der Waals surface area contributed by atoms with Crippen LogP contribution in [0.25, 0.3) is 0 Å². The molecular weight excluding hydrogens is 230 g/mol. The standard InChI is InChI=1S/C15H20ClN/c1-10-14-8-11-4-5-12(16)9-13(11)15(10,2)6-7-17(14)3/h4-5,9-10,14H,6-8H2,1-3H3/t10-,14?,15-/m0/s1. The van der Waals surface area contributed by atoms with Crippen molar-refractivity contribution < 1.29 is 0 Å². The number of halogens is 1. The molecule has 3 atom stereocenters. The van der Waals surface area contributed by atoms with Gasteiger partial charge in [0.2, 0.25) is 0 Å². The minimum absolute atomic E-state index is 0.315. The summed E-state index contributed by atoms with van der Waals surface area (Å²) in [6.45, 7) is 6.04. The van der Waals surface area contributed by atoms with Gasteiger partial charge < -0.3 is 4.90 Å². The predicted molar refractivity (Wildman–Crippen MR) is 72.7 cm³/mol. The Balaban J connectivity index is 2.16. The molecule has 2 heteroatoms. The van der Waals surface area contributed by atoms with Gasteiger partial charge in [0.15, 0.2) is 0 Å². The Morgan fingerprint density at radius 1 is 1.41 bits per heavy atom. The highest BCUT2D eigenvalue weighted by molar-refractivity contribution is 6.30. The maximum absolute atomic E-state index is 6.18. The summed E-state index contributed by atoms with van der Waals surface area (Å²) < 4.78 is 0. The van der Waals surface area contributed by atoms with E-state index in [0.717, 1.165) is 5.02 Å². The molecule has 2 bridgehead atoms. The summed E-state index contributed by atoms with van der Waals surface area (Å²) in [6, 6.07) is 7.17. The first-order chi connectivity index (χ1) is 8.02. The van der Waals surface area contributed by atoms with E-state index < -0.39 is 0 Å². The molecule has 0 spiro atoms. The molecule has 1 unspecified atom stereocenters. The Kier molecular flexibility index (Phi) is 2.53. The molecule has 1 aliphatic heterocycles. The minimum Gasteiger partial charge on any atom is -0.303 e. The Labute approximate surface area is 109 Å². The Bertz CT molecular complexity index is 456. The number of benzene rings is 1. The van der Waals surface area contributed by atoms with Gasteiger partial charge in [-0.1, -0.05) is 31.5 Å². The van der Waals surface area contributed by atoms with Crippen LogP contribution < -0.4 is 0 Å². The summed E-state index contributed by atoms with van der Waals surface area (Å²) in [5.74, 6) is 0.715. The molecule has 0 radical (unpaired) electrons. The molecule has 1 aliphatic carbocycles. The van der Waals surface area contributed by atoms with Gasteiger partial charge in [0.05, 0.1) is 0 Å². The van der Waals surface area contributed by atoms with Gasteiger partial charge in [0.1, 0.15) is 0 Å². The van der Waals surface area contributed by atoms with Crippen LogP contribution in [0.3, 0.4) is 0 Å². The van der Waals surface area contributed by atoms with Crippen LogP contribution in [0.15, 0.2) is 18.2 Å². The lowest BCUT2D eigenvalue weighted by molar-refractivity contribution is 0.0508. The van der Waals surface area contributed by atoms with Crippen LogP contribution in [0, 0.1) is 5.92 Å². The number of likely N-dealkylation sites (tertiary alicyclic amines) is 1. The Hall–Kier alpha value is -0.530. The van der Waals surface area contributed by atoms with Crippen LogP contribution in [0.5, 0.6) is 0 Å². The molecule has 92 valence electrons. The third-order valence-corrected chi connectivity index (χ3v) is 5.48. The quantitative estimate of drug-likeness (QED) is 0.680. The summed E-state index contributed by atoms with van der Waals surface area (Å²) in [4.78, 5) is 2.53. The summed E-state index contributed by atoms with van der Waals surface area (Å²) >= 11 is 6.18. The molecule has 2 aliphatic rings. The fraction of sp³-hybridized carbons (Fsp3) is 0.600. The highest BCUT2D eigenvalue weighted by atomic mass is 35.5. The molecule has 0 saturated carbocycles. The Morgan fingerprint density at radius 2 is 2.18 bits per heavy atom. The molecule has 1 saturated heterocycles. The first-order valence-electron chi connectivity index (χ1n) is 6.51. The molecule has 0 amide bonds. The van der Waals surface area contributed by atoms with Crippen molar-refractivity contribution in [2.24, 2.45) is 5.92 Å². The lowest BCUT2D eigenvalue weighted by atomic mass is 9.59. The van der Waals surface area contributed by atoms with Crippen molar-refractivity contribution >= 4 is 11.6 Å². The fourth-order valence-corrected chi connectivity index (χ4v) is 3.98. The van der Waals surface area contributed by atoms with Gasteiger partial charge in [-0.2, -0.15) is 0 Å². The molecule has 17 heavy (non-hydrogen) atoms. The second kappa shape index (κ2) is 3.73. The van der Waals surface area contributed by atoms with Gasteiger partial charge in [-0.05, 0) is 61.0 Å².